The Bertz CT molecular complexity index is 1640. The van der Waals surface area contributed by atoms with Crippen molar-refractivity contribution in [1.29, 1.82) is 0 Å². The zero-order valence-corrected chi connectivity index (χ0v) is 20.6. The van der Waals surface area contributed by atoms with Gasteiger partial charge in [0.15, 0.2) is 5.65 Å². The third kappa shape index (κ3) is 4.52. The first-order valence-electron chi connectivity index (χ1n) is 11.6. The first kappa shape index (κ1) is 23.2. The van der Waals surface area contributed by atoms with E-state index < -0.39 is 0 Å². The van der Waals surface area contributed by atoms with E-state index in [9.17, 15) is 9.59 Å². The quantitative estimate of drug-likeness (QED) is 0.398. The number of carbonyl (C=O) groups is 1. The minimum absolute atomic E-state index is 0.163. The molecule has 5 rings (SSSR count). The van der Waals surface area contributed by atoms with Crippen LogP contribution in [0.1, 0.15) is 33.9 Å². The van der Waals surface area contributed by atoms with E-state index >= 15 is 0 Å². The minimum Gasteiger partial charge on any atom is -0.326 e. The SMILES string of the molecule is Cc1cc(C)nc(-n2nc(C)c(CC(=O)Nc3cccc(Cn4nc5ccccn5c4=O)c3)c2C)n1. The Morgan fingerprint density at radius 3 is 2.47 bits per heavy atom. The molecule has 0 fully saturated rings. The second-order valence-electron chi connectivity index (χ2n) is 8.81. The molecule has 1 N–H and O–H groups in total. The third-order valence-electron chi connectivity index (χ3n) is 5.97. The van der Waals surface area contributed by atoms with Gasteiger partial charge in [-0.25, -0.2) is 24.1 Å². The molecule has 1 amide bonds. The van der Waals surface area contributed by atoms with E-state index in [1.165, 1.54) is 9.08 Å². The van der Waals surface area contributed by atoms with E-state index in [1.54, 1.807) is 23.0 Å². The van der Waals surface area contributed by atoms with Crippen molar-refractivity contribution in [2.24, 2.45) is 0 Å². The molecule has 0 unspecified atom stereocenters. The molecule has 0 bridgehead atoms. The molecule has 4 aromatic heterocycles. The molecule has 182 valence electrons. The zero-order valence-electron chi connectivity index (χ0n) is 20.6. The van der Waals surface area contributed by atoms with Crippen molar-refractivity contribution >= 4 is 17.2 Å². The van der Waals surface area contributed by atoms with Gasteiger partial charge in [0.1, 0.15) is 0 Å². The molecule has 5 aromatic rings. The van der Waals surface area contributed by atoms with Gasteiger partial charge in [-0.1, -0.05) is 18.2 Å². The summed E-state index contributed by atoms with van der Waals surface area (Å²) in [4.78, 5) is 34.5. The summed E-state index contributed by atoms with van der Waals surface area (Å²) in [5.41, 5.74) is 6.01. The summed E-state index contributed by atoms with van der Waals surface area (Å²) in [6.45, 7) is 7.92. The summed E-state index contributed by atoms with van der Waals surface area (Å²) >= 11 is 0. The van der Waals surface area contributed by atoms with Gasteiger partial charge in [0.2, 0.25) is 5.91 Å². The molecule has 0 spiro atoms. The fourth-order valence-corrected chi connectivity index (χ4v) is 4.28. The van der Waals surface area contributed by atoms with Gasteiger partial charge in [-0.05, 0) is 63.6 Å². The lowest BCUT2D eigenvalue weighted by Gasteiger charge is -2.08. The molecule has 0 saturated carbocycles. The number of pyridine rings is 1. The summed E-state index contributed by atoms with van der Waals surface area (Å²) in [5.74, 6) is 0.332. The molecule has 0 atom stereocenters. The summed E-state index contributed by atoms with van der Waals surface area (Å²) in [6.07, 6.45) is 1.86. The molecular formula is C26H26N8O2. The highest BCUT2D eigenvalue weighted by molar-refractivity contribution is 5.92. The number of nitrogens with one attached hydrogen (secondary N) is 1. The molecule has 0 aliphatic rings. The number of carbonyl (C=O) groups excluding carboxylic acids is 1. The van der Waals surface area contributed by atoms with Gasteiger partial charge < -0.3 is 5.32 Å². The van der Waals surface area contributed by atoms with E-state index in [0.717, 1.165) is 33.9 Å². The molecule has 36 heavy (non-hydrogen) atoms. The van der Waals surface area contributed by atoms with Crippen LogP contribution in [0.25, 0.3) is 11.6 Å². The number of nitrogens with zero attached hydrogens (tertiary/aromatic N) is 7. The van der Waals surface area contributed by atoms with E-state index in [4.69, 9.17) is 0 Å². The van der Waals surface area contributed by atoms with Crippen molar-refractivity contribution in [3.8, 4) is 5.95 Å². The Morgan fingerprint density at radius 1 is 0.944 bits per heavy atom. The van der Waals surface area contributed by atoms with Crippen LogP contribution in [0, 0.1) is 27.7 Å². The molecule has 1 aromatic carbocycles. The van der Waals surface area contributed by atoms with Gasteiger partial charge in [0.25, 0.3) is 5.95 Å². The fraction of sp³-hybridized carbons (Fsp3) is 0.231. The van der Waals surface area contributed by atoms with Crippen LogP contribution in [0.5, 0.6) is 0 Å². The Hall–Kier alpha value is -4.60. The number of fused-ring (bicyclic) bond motifs is 1. The first-order valence-corrected chi connectivity index (χ1v) is 11.6. The zero-order chi connectivity index (χ0) is 25.4. The molecular weight excluding hydrogens is 456 g/mol. The minimum atomic E-state index is -0.212. The summed E-state index contributed by atoms with van der Waals surface area (Å²) < 4.78 is 4.59. The van der Waals surface area contributed by atoms with Crippen molar-refractivity contribution in [2.45, 2.75) is 40.7 Å². The topological polar surface area (TPSA) is 112 Å². The summed E-state index contributed by atoms with van der Waals surface area (Å²) in [6, 6.07) is 14.7. The Labute approximate surface area is 207 Å². The highest BCUT2D eigenvalue weighted by Gasteiger charge is 2.18. The smallest absolute Gasteiger partial charge is 0.326 e. The van der Waals surface area contributed by atoms with Crippen LogP contribution in [0.3, 0.4) is 0 Å². The Balaban J connectivity index is 1.32. The number of amides is 1. The van der Waals surface area contributed by atoms with Gasteiger partial charge in [-0.15, -0.1) is 5.10 Å². The predicted octanol–water partition coefficient (Wildman–Crippen LogP) is 2.93. The van der Waals surface area contributed by atoms with Gasteiger partial charge in [-0.2, -0.15) is 5.10 Å². The molecule has 0 aliphatic carbocycles. The lowest BCUT2D eigenvalue weighted by atomic mass is 10.1. The van der Waals surface area contributed by atoms with E-state index in [-0.39, 0.29) is 18.0 Å². The standard InChI is InChI=1S/C26H26N8O2/c1-16-12-17(2)28-25(27-16)34-19(4)22(18(3)30-34)14-24(35)29-21-9-7-8-20(13-21)15-33-26(36)32-11-6-5-10-23(32)31-33/h5-13H,14-15H2,1-4H3,(H,29,35). The summed E-state index contributed by atoms with van der Waals surface area (Å²) in [5, 5.41) is 11.9. The Morgan fingerprint density at radius 2 is 1.72 bits per heavy atom. The van der Waals surface area contributed by atoms with Gasteiger partial charge in [0.05, 0.1) is 18.7 Å². The largest absolute Gasteiger partial charge is 0.350 e. The first-order chi connectivity index (χ1) is 17.3. The molecule has 0 radical (unpaired) electrons. The van der Waals surface area contributed by atoms with Gasteiger partial charge in [0, 0.05) is 34.5 Å². The van der Waals surface area contributed by atoms with Crippen LogP contribution in [0.2, 0.25) is 0 Å². The molecule has 10 nitrogen and oxygen atoms in total. The van der Waals surface area contributed by atoms with Gasteiger partial charge in [-0.3, -0.25) is 9.20 Å². The third-order valence-corrected chi connectivity index (χ3v) is 5.97. The molecule has 0 saturated heterocycles. The Kier molecular flexibility index (Phi) is 5.93. The fourth-order valence-electron chi connectivity index (χ4n) is 4.28. The number of aryl methyl sites for hydroxylation is 3. The lowest BCUT2D eigenvalue weighted by Crippen LogP contribution is -2.21. The number of rotatable bonds is 6. The normalized spacial score (nSPS) is 11.2. The predicted molar refractivity (Wildman–Crippen MR) is 135 cm³/mol. The van der Waals surface area contributed by atoms with Crippen LogP contribution >= 0.6 is 0 Å². The average molecular weight is 483 g/mol. The van der Waals surface area contributed by atoms with Crippen molar-refractivity contribution in [2.75, 3.05) is 5.32 Å². The molecule has 10 heteroatoms. The lowest BCUT2D eigenvalue weighted by molar-refractivity contribution is -0.115. The average Bonchev–Trinajstić information content (AvgIpc) is 3.29. The van der Waals surface area contributed by atoms with E-state index in [0.29, 0.717) is 23.8 Å². The van der Waals surface area contributed by atoms with Crippen molar-refractivity contribution in [3.05, 3.63) is 99.1 Å². The van der Waals surface area contributed by atoms with Crippen LogP contribution < -0.4 is 11.0 Å². The van der Waals surface area contributed by atoms with E-state index in [1.807, 2.05) is 64.1 Å². The summed E-state index contributed by atoms with van der Waals surface area (Å²) in [7, 11) is 0. The monoisotopic (exact) mass is 482 g/mol. The number of aromatic nitrogens is 7. The van der Waals surface area contributed by atoms with Crippen molar-refractivity contribution in [1.82, 2.24) is 33.9 Å². The second kappa shape index (κ2) is 9.21. The maximum Gasteiger partial charge on any atom is 0.350 e. The van der Waals surface area contributed by atoms with Crippen molar-refractivity contribution < 1.29 is 4.79 Å². The number of hydrogen-bond acceptors (Lipinski definition) is 6. The van der Waals surface area contributed by atoms with Crippen molar-refractivity contribution in [3.63, 3.8) is 0 Å². The maximum absolute atomic E-state index is 12.9. The second-order valence-corrected chi connectivity index (χ2v) is 8.81. The number of benzene rings is 1. The molecule has 0 aliphatic heterocycles. The van der Waals surface area contributed by atoms with Crippen LogP contribution in [0.4, 0.5) is 5.69 Å². The van der Waals surface area contributed by atoms with E-state index in [2.05, 4.69) is 25.5 Å². The van der Waals surface area contributed by atoms with Gasteiger partial charge >= 0.3 is 5.69 Å². The van der Waals surface area contributed by atoms with Crippen LogP contribution in [0.15, 0.2) is 59.5 Å². The highest BCUT2D eigenvalue weighted by Crippen LogP contribution is 2.19. The van der Waals surface area contributed by atoms with Crippen LogP contribution in [-0.4, -0.2) is 39.8 Å². The number of anilines is 1. The maximum atomic E-state index is 12.9. The van der Waals surface area contributed by atoms with Crippen LogP contribution in [-0.2, 0) is 17.8 Å². The highest BCUT2D eigenvalue weighted by atomic mass is 16.2. The molecule has 4 heterocycles. The number of hydrogen-bond donors (Lipinski definition) is 1.